The van der Waals surface area contributed by atoms with Crippen molar-refractivity contribution < 1.29 is 28.8 Å². The number of carbonyl (C=O) groups is 6. The van der Waals surface area contributed by atoms with Gasteiger partial charge in [0, 0.05) is 70.8 Å². The van der Waals surface area contributed by atoms with Crippen LogP contribution >= 0.6 is 0 Å². The third-order valence-electron chi connectivity index (χ3n) is 9.85. The molecule has 0 aromatic carbocycles. The average molecular weight is 960 g/mol. The van der Waals surface area contributed by atoms with E-state index in [1.807, 2.05) is 132 Å². The van der Waals surface area contributed by atoms with E-state index in [9.17, 15) is 28.8 Å². The van der Waals surface area contributed by atoms with Crippen LogP contribution in [0.1, 0.15) is 246 Å². The number of amides is 6. The summed E-state index contributed by atoms with van der Waals surface area (Å²) in [5.74, 6) is 1.64. The maximum Gasteiger partial charge on any atom is 0.225 e. The number of hydrogen-bond acceptors (Lipinski definition) is 6. The Kier molecular flexibility index (Phi) is 47.4. The fourth-order valence-corrected chi connectivity index (χ4v) is 4.72. The summed E-state index contributed by atoms with van der Waals surface area (Å²) >= 11 is 0. The summed E-state index contributed by atoms with van der Waals surface area (Å²) in [5, 5.41) is 17.5. The van der Waals surface area contributed by atoms with Gasteiger partial charge in [0.1, 0.15) is 0 Å². The van der Waals surface area contributed by atoms with Crippen molar-refractivity contribution in [1.82, 2.24) is 31.9 Å². The van der Waals surface area contributed by atoms with Gasteiger partial charge in [-0.25, -0.2) is 0 Å². The molecule has 0 saturated carbocycles. The lowest BCUT2D eigenvalue weighted by Gasteiger charge is -2.25. The first-order valence-electron chi connectivity index (χ1n) is 25.5. The van der Waals surface area contributed by atoms with Crippen molar-refractivity contribution in [2.75, 3.05) is 7.05 Å². The predicted octanol–water partition coefficient (Wildman–Crippen LogP) is 12.2. The van der Waals surface area contributed by atoms with Crippen LogP contribution in [0.4, 0.5) is 0 Å². The van der Waals surface area contributed by atoms with E-state index < -0.39 is 0 Å². The van der Waals surface area contributed by atoms with Crippen molar-refractivity contribution in [1.29, 1.82) is 0 Å². The molecular weight excluding hydrogens is 841 g/mol. The van der Waals surface area contributed by atoms with Crippen LogP contribution in [-0.4, -0.2) is 72.2 Å². The molecule has 404 valence electrons. The fraction of sp³-hybridized carbons (Fsp3) is 0.891. The Hall–Kier alpha value is -3.18. The minimum atomic E-state index is -0.275. The molecular formula is C55H118N6O6. The Labute approximate surface area is 417 Å². The quantitative estimate of drug-likeness (QED) is 0.0898. The minimum Gasteiger partial charge on any atom is -0.359 e. The standard InChI is InChI=1S/C12H25NO.C11H23NO.C10H21NO.2C8H17NO.C5H11NO.CH4/c1-6-8-10(9-7-2)13-11(14)12(3,4)5;1-7-9(8(2)3)12-10(13)11(4,5)6;1-6-8(7-2)11-9(12)10(3,4)5;1-6(2)7(10)9-8(3,4)5;1-5-7(4)9-8(10)6(2)3;1-4(2)5(7)6-3;/h10H,6-9H2,1-5H3,(H,13,14);8-9H,7H2,1-6H3,(H,12,13);8H,6-7H2,1-5H3,(H,11,12);6H,1-5H3,(H,9,10);6-7H,5H2,1-4H3,(H,9,10);4H,1-3H3,(H,6,7);1H4/t;;;;7-;;/m....0../s1. The van der Waals surface area contributed by atoms with Gasteiger partial charge in [0.2, 0.25) is 35.4 Å². The third-order valence-corrected chi connectivity index (χ3v) is 9.85. The number of nitrogens with one attached hydrogen (secondary N) is 6. The zero-order valence-electron chi connectivity index (χ0n) is 48.7. The number of carbonyl (C=O) groups excluding carboxylic acids is 6. The van der Waals surface area contributed by atoms with Gasteiger partial charge in [-0.2, -0.15) is 0 Å². The van der Waals surface area contributed by atoms with Crippen molar-refractivity contribution in [3.05, 3.63) is 0 Å². The molecule has 0 aromatic heterocycles. The zero-order chi connectivity index (χ0) is 54.0. The maximum absolute atomic E-state index is 11.7. The molecule has 12 heteroatoms. The van der Waals surface area contributed by atoms with Crippen LogP contribution in [0.5, 0.6) is 0 Å². The van der Waals surface area contributed by atoms with Crippen molar-refractivity contribution in [3.63, 3.8) is 0 Å². The Morgan fingerprint density at radius 2 is 0.746 bits per heavy atom. The topological polar surface area (TPSA) is 175 Å². The molecule has 67 heavy (non-hydrogen) atoms. The van der Waals surface area contributed by atoms with E-state index in [0.29, 0.717) is 30.1 Å². The van der Waals surface area contributed by atoms with Gasteiger partial charge >= 0.3 is 0 Å². The van der Waals surface area contributed by atoms with Crippen LogP contribution in [0.2, 0.25) is 0 Å². The normalized spacial score (nSPS) is 12.1. The highest BCUT2D eigenvalue weighted by Gasteiger charge is 2.25. The van der Waals surface area contributed by atoms with E-state index in [-0.39, 0.29) is 82.4 Å². The van der Waals surface area contributed by atoms with Crippen LogP contribution in [0.15, 0.2) is 0 Å². The second-order valence-corrected chi connectivity index (χ2v) is 22.9. The highest BCUT2D eigenvalue weighted by molar-refractivity contribution is 5.82. The van der Waals surface area contributed by atoms with E-state index >= 15 is 0 Å². The molecule has 0 aliphatic rings. The summed E-state index contributed by atoms with van der Waals surface area (Å²) in [6.45, 7) is 53.7. The molecule has 0 spiro atoms. The van der Waals surface area contributed by atoms with Crippen LogP contribution in [0.3, 0.4) is 0 Å². The van der Waals surface area contributed by atoms with Gasteiger partial charge in [-0.15, -0.1) is 0 Å². The molecule has 6 amide bonds. The van der Waals surface area contributed by atoms with Gasteiger partial charge in [0.05, 0.1) is 0 Å². The first-order valence-corrected chi connectivity index (χ1v) is 25.5. The molecule has 0 radical (unpaired) electrons. The lowest BCUT2D eigenvalue weighted by Crippen LogP contribution is -2.43. The Balaban J connectivity index is -0.000000130. The number of hydrogen-bond donors (Lipinski definition) is 6. The molecule has 0 fully saturated rings. The average Bonchev–Trinajstić information content (AvgIpc) is 3.17. The predicted molar refractivity (Wildman–Crippen MR) is 291 cm³/mol. The monoisotopic (exact) mass is 959 g/mol. The van der Waals surface area contributed by atoms with Gasteiger partial charge in [-0.3, -0.25) is 28.8 Å². The fourth-order valence-electron chi connectivity index (χ4n) is 4.72. The number of rotatable bonds is 16. The Morgan fingerprint density at radius 1 is 0.418 bits per heavy atom. The molecule has 0 rings (SSSR count). The molecule has 1 unspecified atom stereocenters. The van der Waals surface area contributed by atoms with Crippen LogP contribution in [-0.2, 0) is 28.8 Å². The van der Waals surface area contributed by atoms with E-state index in [0.717, 1.165) is 51.4 Å². The van der Waals surface area contributed by atoms with E-state index in [1.54, 1.807) is 7.05 Å². The lowest BCUT2D eigenvalue weighted by atomic mass is 9.93. The van der Waals surface area contributed by atoms with Crippen LogP contribution in [0.25, 0.3) is 0 Å². The van der Waals surface area contributed by atoms with E-state index in [1.165, 1.54) is 0 Å². The Morgan fingerprint density at radius 3 is 0.940 bits per heavy atom. The van der Waals surface area contributed by atoms with Crippen molar-refractivity contribution in [3.8, 4) is 0 Å². The van der Waals surface area contributed by atoms with E-state index in [4.69, 9.17) is 0 Å². The molecule has 6 N–H and O–H groups in total. The van der Waals surface area contributed by atoms with Crippen molar-refractivity contribution >= 4 is 35.4 Å². The second kappa shape index (κ2) is 40.7. The summed E-state index contributed by atoms with van der Waals surface area (Å²) in [6.07, 6.45) is 8.48. The summed E-state index contributed by atoms with van der Waals surface area (Å²) < 4.78 is 0. The molecule has 0 saturated heterocycles. The maximum atomic E-state index is 11.7. The molecule has 0 bridgehead atoms. The van der Waals surface area contributed by atoms with Crippen LogP contribution in [0, 0.1) is 39.9 Å². The zero-order valence-corrected chi connectivity index (χ0v) is 48.7. The smallest absolute Gasteiger partial charge is 0.225 e. The molecule has 0 aliphatic carbocycles. The molecule has 0 aliphatic heterocycles. The summed E-state index contributed by atoms with van der Waals surface area (Å²) in [5.41, 5.74) is -0.897. The highest BCUT2D eigenvalue weighted by atomic mass is 16.2. The summed E-state index contributed by atoms with van der Waals surface area (Å²) in [6, 6.07) is 1.34. The second-order valence-electron chi connectivity index (χ2n) is 22.9. The van der Waals surface area contributed by atoms with Crippen molar-refractivity contribution in [2.45, 2.75) is 275 Å². The first-order chi connectivity index (χ1) is 29.7. The van der Waals surface area contributed by atoms with Crippen LogP contribution < -0.4 is 31.9 Å². The van der Waals surface area contributed by atoms with E-state index in [2.05, 4.69) is 87.3 Å². The highest BCUT2D eigenvalue weighted by Crippen LogP contribution is 2.17. The molecule has 0 aromatic rings. The SMILES string of the molecule is C.CC(C)C(=O)NC(C)(C)C.CCC(CC)NC(=O)C(C)(C)C.CCC(NC(=O)C(C)(C)C)C(C)C.CCCC(CCC)NC(=O)C(C)(C)C.CC[C@H](C)NC(=O)C(C)C.CNC(=O)C(C)C. The third kappa shape index (κ3) is 50.5. The molecule has 0 heterocycles. The van der Waals surface area contributed by atoms with Gasteiger partial charge in [0.15, 0.2) is 0 Å². The Bertz CT molecular complexity index is 1270. The van der Waals surface area contributed by atoms with Gasteiger partial charge in [-0.05, 0) is 72.1 Å². The molecule has 2 atom stereocenters. The van der Waals surface area contributed by atoms with Gasteiger partial charge < -0.3 is 31.9 Å². The minimum absolute atomic E-state index is 0. The largest absolute Gasteiger partial charge is 0.359 e. The lowest BCUT2D eigenvalue weighted by molar-refractivity contribution is -0.130. The molecule has 12 nitrogen and oxygen atoms in total. The summed E-state index contributed by atoms with van der Waals surface area (Å²) in [4.78, 5) is 67.3. The van der Waals surface area contributed by atoms with Gasteiger partial charge in [0.25, 0.3) is 0 Å². The first kappa shape index (κ1) is 78.0. The van der Waals surface area contributed by atoms with Crippen molar-refractivity contribution in [2.24, 2.45) is 39.9 Å². The van der Waals surface area contributed by atoms with Gasteiger partial charge in [-0.1, -0.05) is 180 Å². The summed E-state index contributed by atoms with van der Waals surface area (Å²) in [7, 11) is 1.64.